The van der Waals surface area contributed by atoms with Crippen molar-refractivity contribution in [3.05, 3.63) is 125 Å². The summed E-state index contributed by atoms with van der Waals surface area (Å²) >= 11 is 1.45. The number of benzene rings is 4. The first-order valence-electron chi connectivity index (χ1n) is 27.5. The molecule has 4 aromatic carbocycles. The lowest BCUT2D eigenvalue weighted by molar-refractivity contribution is -0.134. The first-order valence-corrected chi connectivity index (χ1v) is 28.3. The number of para-hydroxylation sites is 2. The smallest absolute Gasteiger partial charge is 0.358 e. The molecule has 2 N–H and O–H groups in total. The van der Waals surface area contributed by atoms with E-state index in [1.165, 1.54) is 30.6 Å². The van der Waals surface area contributed by atoms with Gasteiger partial charge in [-0.2, -0.15) is 5.10 Å². The molecule has 1 aliphatic carbocycles. The van der Waals surface area contributed by atoms with E-state index in [1.54, 1.807) is 0 Å². The predicted octanol–water partition coefficient (Wildman–Crippen LogP) is 10.8. The van der Waals surface area contributed by atoms with E-state index >= 15 is 0 Å². The van der Waals surface area contributed by atoms with E-state index in [-0.39, 0.29) is 29.5 Å². The van der Waals surface area contributed by atoms with Crippen LogP contribution in [0, 0.1) is 12.8 Å². The van der Waals surface area contributed by atoms with Crippen molar-refractivity contribution < 1.29 is 28.7 Å². The number of amides is 3. The number of pyridine rings is 1. The van der Waals surface area contributed by atoms with E-state index in [1.807, 2.05) is 105 Å². The number of nitrogens with one attached hydrogen (secondary N) is 2. The van der Waals surface area contributed by atoms with E-state index in [0.717, 1.165) is 125 Å². The Kier molecular flexibility index (Phi) is 14.9. The maximum atomic E-state index is 14.1. The van der Waals surface area contributed by atoms with Gasteiger partial charge >= 0.3 is 5.97 Å². The summed E-state index contributed by atoms with van der Waals surface area (Å²) < 4.78 is 15.7. The molecule has 0 spiro atoms. The molecule has 0 bridgehead atoms. The standard InChI is InChI=1S/C61H69N9O6S/c1-38-42(43-26-28-52(63-55(43)59(74)76-61(2,3)4)70-32-30-40-14-10-16-44(47(40)37-70)57(72)65-60-62-48-18-6-7-21-51(48)77-60)15-12-20-50(38)75-41-24-22-39(23-25-41)13-8-9-31-68-33-35-69(36-34-68)49-19-11-17-45-54(66-67(5)56(45)49)46-27-29-53(71)64-58(46)73/h6-7,10-12,14-21,26,28,39,41,46H,8-9,13,22-25,27,29-37H2,1-5H3,(H,62,65,72)(H,64,71,73). The fourth-order valence-corrected chi connectivity index (χ4v) is 12.8. The number of carbonyl (C=O) groups excluding carboxylic acids is 4. The number of unbranched alkanes of at least 4 members (excludes halogenated alkanes) is 1. The second-order valence-corrected chi connectivity index (χ2v) is 23.4. The van der Waals surface area contributed by atoms with Gasteiger partial charge in [-0.15, -0.1) is 0 Å². The van der Waals surface area contributed by atoms with Gasteiger partial charge in [-0.25, -0.2) is 14.8 Å². The molecule has 3 aliphatic heterocycles. The molecule has 2 saturated heterocycles. The fourth-order valence-electron chi connectivity index (χ4n) is 11.9. The SMILES string of the molecule is Cc1c(OC2CCC(CCCCN3CCN(c4cccc5c(C6CCC(=O)NC6=O)nn(C)c45)CC3)CC2)cccc1-c1ccc(N2CCc3cccc(C(=O)Nc4nc5ccccc5s4)c3C2)nc1C(=O)OC(C)(C)C. The quantitative estimate of drug-likeness (QED) is 0.0603. The van der Waals surface area contributed by atoms with Crippen molar-refractivity contribution in [1.29, 1.82) is 0 Å². The molecule has 6 heterocycles. The van der Waals surface area contributed by atoms with Gasteiger partial charge in [0.15, 0.2) is 10.8 Å². The lowest BCUT2D eigenvalue weighted by atomic mass is 9.84. The van der Waals surface area contributed by atoms with E-state index in [9.17, 15) is 19.2 Å². The minimum atomic E-state index is -0.731. The van der Waals surface area contributed by atoms with E-state index < -0.39 is 17.5 Å². The van der Waals surface area contributed by atoms with Crippen LogP contribution in [-0.4, -0.2) is 99.3 Å². The molecule has 1 saturated carbocycles. The average Bonchev–Trinajstić information content (AvgIpc) is 4.11. The molecule has 3 aromatic heterocycles. The zero-order valence-electron chi connectivity index (χ0n) is 44.9. The molecular weight excluding hydrogens is 987 g/mol. The molecule has 3 fully saturated rings. The lowest BCUT2D eigenvalue weighted by Gasteiger charge is -2.36. The van der Waals surface area contributed by atoms with Crippen LogP contribution >= 0.6 is 11.3 Å². The Bertz CT molecular complexity index is 3330. The highest BCUT2D eigenvalue weighted by Gasteiger charge is 2.34. The van der Waals surface area contributed by atoms with Crippen molar-refractivity contribution in [3.63, 3.8) is 0 Å². The monoisotopic (exact) mass is 1060 g/mol. The van der Waals surface area contributed by atoms with Gasteiger partial charge in [0.2, 0.25) is 11.8 Å². The summed E-state index contributed by atoms with van der Waals surface area (Å²) in [6, 6.07) is 30.0. The molecule has 1 atom stereocenters. The molecule has 0 radical (unpaired) electrons. The summed E-state index contributed by atoms with van der Waals surface area (Å²) in [5.41, 5.74) is 8.48. The number of ether oxygens (including phenoxy) is 2. The number of piperidine rings is 1. The van der Waals surface area contributed by atoms with Crippen LogP contribution in [0.2, 0.25) is 0 Å². The molecule has 15 nitrogen and oxygen atoms in total. The van der Waals surface area contributed by atoms with E-state index in [0.29, 0.717) is 53.9 Å². The molecule has 1 unspecified atom stereocenters. The number of aromatic nitrogens is 4. The molecule has 77 heavy (non-hydrogen) atoms. The number of hydrogen-bond donors (Lipinski definition) is 2. The molecular formula is C61H69N9O6S. The topological polar surface area (TPSA) is 164 Å². The summed E-state index contributed by atoms with van der Waals surface area (Å²) in [4.78, 5) is 69.4. The van der Waals surface area contributed by atoms with Crippen molar-refractivity contribution in [1.82, 2.24) is 30.0 Å². The van der Waals surface area contributed by atoms with Gasteiger partial charge < -0.3 is 19.3 Å². The summed E-state index contributed by atoms with van der Waals surface area (Å²) in [5, 5.41) is 11.9. The van der Waals surface area contributed by atoms with Crippen LogP contribution in [0.5, 0.6) is 5.75 Å². The van der Waals surface area contributed by atoms with Crippen molar-refractivity contribution in [2.75, 3.05) is 54.4 Å². The number of aryl methyl sites for hydroxylation is 1. The van der Waals surface area contributed by atoms with Gasteiger partial charge in [0.05, 0.1) is 39.1 Å². The lowest BCUT2D eigenvalue weighted by Crippen LogP contribution is -2.46. The number of carbonyl (C=O) groups is 4. The van der Waals surface area contributed by atoms with Crippen LogP contribution in [0.3, 0.4) is 0 Å². The van der Waals surface area contributed by atoms with Crippen LogP contribution in [0.15, 0.2) is 91.0 Å². The van der Waals surface area contributed by atoms with Crippen LogP contribution in [0.25, 0.3) is 32.2 Å². The average molecular weight is 1060 g/mol. The number of nitrogens with zero attached hydrogens (tertiary/aromatic N) is 7. The zero-order valence-corrected chi connectivity index (χ0v) is 45.7. The third-order valence-electron chi connectivity index (χ3n) is 16.0. The molecule has 11 rings (SSSR count). The Morgan fingerprint density at radius 1 is 0.805 bits per heavy atom. The van der Waals surface area contributed by atoms with E-state index in [4.69, 9.17) is 19.6 Å². The minimum absolute atomic E-state index is 0.124. The second-order valence-electron chi connectivity index (χ2n) is 22.3. The number of hydrogen-bond acceptors (Lipinski definition) is 13. The summed E-state index contributed by atoms with van der Waals surface area (Å²) in [6.07, 6.45) is 9.63. The van der Waals surface area contributed by atoms with Gasteiger partial charge in [0.1, 0.15) is 17.2 Å². The van der Waals surface area contributed by atoms with Gasteiger partial charge in [-0.05, 0) is 150 Å². The fraction of sp³-hybridized carbons (Fsp3) is 0.426. The summed E-state index contributed by atoms with van der Waals surface area (Å²) in [7, 11) is 1.95. The molecule has 16 heteroatoms. The second kappa shape index (κ2) is 22.1. The normalized spacial score (nSPS) is 19.3. The van der Waals surface area contributed by atoms with Gasteiger partial charge in [0.25, 0.3) is 5.91 Å². The summed E-state index contributed by atoms with van der Waals surface area (Å²) in [6.45, 7) is 13.8. The highest BCUT2D eigenvalue weighted by atomic mass is 32.1. The molecule has 7 aromatic rings. The Balaban J connectivity index is 0.684. The molecule has 3 amide bonds. The first kappa shape index (κ1) is 51.9. The third kappa shape index (κ3) is 11.3. The Labute approximate surface area is 454 Å². The van der Waals surface area contributed by atoms with Gasteiger partial charge in [-0.1, -0.05) is 72.7 Å². The van der Waals surface area contributed by atoms with Crippen molar-refractivity contribution in [2.45, 2.75) is 116 Å². The Morgan fingerprint density at radius 2 is 1.60 bits per heavy atom. The van der Waals surface area contributed by atoms with Gasteiger partial charge in [0, 0.05) is 69.3 Å². The maximum absolute atomic E-state index is 14.1. The molecule has 400 valence electrons. The number of anilines is 3. The number of rotatable bonds is 14. The maximum Gasteiger partial charge on any atom is 0.358 e. The van der Waals surface area contributed by atoms with Crippen molar-refractivity contribution in [3.8, 4) is 16.9 Å². The highest BCUT2D eigenvalue weighted by Crippen LogP contribution is 2.39. The highest BCUT2D eigenvalue weighted by molar-refractivity contribution is 7.22. The Hall–Kier alpha value is -7.17. The van der Waals surface area contributed by atoms with Crippen molar-refractivity contribution >= 4 is 72.8 Å². The number of piperazine rings is 1. The number of thiazole rings is 1. The number of imide groups is 1. The molecule has 4 aliphatic rings. The minimum Gasteiger partial charge on any atom is -0.490 e. The van der Waals surface area contributed by atoms with Crippen LogP contribution in [0.1, 0.15) is 128 Å². The first-order chi connectivity index (χ1) is 37.2. The van der Waals surface area contributed by atoms with E-state index in [2.05, 4.69) is 55.4 Å². The predicted molar refractivity (Wildman–Crippen MR) is 303 cm³/mol. The van der Waals surface area contributed by atoms with Crippen molar-refractivity contribution in [2.24, 2.45) is 13.0 Å². The summed E-state index contributed by atoms with van der Waals surface area (Å²) in [5.74, 6) is 0.586. The Morgan fingerprint density at radius 3 is 2.39 bits per heavy atom. The number of esters is 1. The van der Waals surface area contributed by atoms with Crippen LogP contribution in [-0.2, 0) is 34.3 Å². The third-order valence-corrected chi connectivity index (χ3v) is 16.9. The largest absolute Gasteiger partial charge is 0.490 e. The zero-order chi connectivity index (χ0) is 53.4. The van der Waals surface area contributed by atoms with Crippen LogP contribution in [0.4, 0.5) is 16.6 Å². The van der Waals surface area contributed by atoms with Gasteiger partial charge in [-0.3, -0.25) is 34.6 Å². The number of fused-ring (bicyclic) bond motifs is 3. The van der Waals surface area contributed by atoms with Crippen LogP contribution < -0.4 is 25.2 Å².